The van der Waals surface area contributed by atoms with Crippen molar-refractivity contribution < 1.29 is 9.59 Å². The Kier molecular flexibility index (Phi) is 10.1. The molecule has 0 bridgehead atoms. The number of guanidine groups is 1. The molecule has 2 rings (SSSR count). The van der Waals surface area contributed by atoms with Crippen LogP contribution in [0.3, 0.4) is 0 Å². The summed E-state index contributed by atoms with van der Waals surface area (Å²) in [5, 5.41) is 6.17. The fourth-order valence-corrected chi connectivity index (χ4v) is 2.69. The van der Waals surface area contributed by atoms with Crippen molar-refractivity contribution in [2.75, 3.05) is 38.6 Å². The Morgan fingerprint density at radius 3 is 2.48 bits per heavy atom. The van der Waals surface area contributed by atoms with E-state index in [2.05, 4.69) is 15.6 Å². The van der Waals surface area contributed by atoms with Crippen LogP contribution >= 0.6 is 24.0 Å². The molecule has 0 radical (unpaired) electrons. The summed E-state index contributed by atoms with van der Waals surface area (Å²) >= 11 is 0. The molecule has 8 heteroatoms. The zero-order chi connectivity index (χ0) is 18.9. The smallest absolute Gasteiger partial charge is 0.241 e. The molecule has 1 aliphatic heterocycles. The van der Waals surface area contributed by atoms with Crippen LogP contribution in [0, 0.1) is 0 Å². The molecule has 1 aliphatic rings. The van der Waals surface area contributed by atoms with Gasteiger partial charge in [-0.05, 0) is 37.5 Å². The number of anilines is 1. The number of benzene rings is 1. The Morgan fingerprint density at radius 2 is 1.89 bits per heavy atom. The monoisotopic (exact) mass is 487 g/mol. The van der Waals surface area contributed by atoms with E-state index in [1.165, 1.54) is 4.90 Å². The summed E-state index contributed by atoms with van der Waals surface area (Å²) in [6.45, 7) is 4.20. The molecule has 0 saturated carbocycles. The fourth-order valence-electron chi connectivity index (χ4n) is 2.69. The van der Waals surface area contributed by atoms with Crippen molar-refractivity contribution in [3.8, 4) is 0 Å². The second-order valence-electron chi connectivity index (χ2n) is 6.51. The van der Waals surface area contributed by atoms with E-state index in [9.17, 15) is 9.59 Å². The second kappa shape index (κ2) is 11.8. The van der Waals surface area contributed by atoms with Crippen LogP contribution in [-0.4, -0.2) is 56.4 Å². The molecule has 0 spiro atoms. The summed E-state index contributed by atoms with van der Waals surface area (Å²) in [6.07, 6.45) is 2.68. The average Bonchev–Trinajstić information content (AvgIpc) is 2.64. The topological polar surface area (TPSA) is 77.0 Å². The summed E-state index contributed by atoms with van der Waals surface area (Å²) in [5.41, 5.74) is 2.00. The predicted molar refractivity (Wildman–Crippen MR) is 120 cm³/mol. The lowest BCUT2D eigenvalue weighted by molar-refractivity contribution is -0.127. The largest absolute Gasteiger partial charge is 0.357 e. The number of hydrogen-bond donors (Lipinski definition) is 2. The van der Waals surface area contributed by atoms with Gasteiger partial charge in [-0.25, -0.2) is 4.99 Å². The Bertz CT molecular complexity index is 646. The van der Waals surface area contributed by atoms with Crippen molar-refractivity contribution in [3.05, 3.63) is 29.8 Å². The van der Waals surface area contributed by atoms with Crippen LogP contribution in [-0.2, 0) is 16.1 Å². The lowest BCUT2D eigenvalue weighted by Gasteiger charge is -2.26. The van der Waals surface area contributed by atoms with Gasteiger partial charge in [0.1, 0.15) is 0 Å². The van der Waals surface area contributed by atoms with Crippen molar-refractivity contribution in [3.63, 3.8) is 0 Å². The van der Waals surface area contributed by atoms with Gasteiger partial charge >= 0.3 is 0 Å². The number of rotatable bonds is 6. The highest BCUT2D eigenvalue weighted by Gasteiger charge is 2.19. The molecule has 0 aliphatic carbocycles. The Hall–Kier alpha value is -1.84. The normalized spacial score (nSPS) is 14.4. The van der Waals surface area contributed by atoms with Crippen molar-refractivity contribution in [1.82, 2.24) is 15.5 Å². The first-order valence-corrected chi connectivity index (χ1v) is 9.13. The van der Waals surface area contributed by atoms with E-state index in [-0.39, 0.29) is 42.3 Å². The van der Waals surface area contributed by atoms with E-state index in [0.29, 0.717) is 18.9 Å². The van der Waals surface area contributed by atoms with Gasteiger partial charge in [0.15, 0.2) is 5.96 Å². The lowest BCUT2D eigenvalue weighted by Crippen LogP contribution is -2.42. The third-order valence-electron chi connectivity index (χ3n) is 4.24. The molecule has 2 amide bonds. The fraction of sp³-hybridized carbons (Fsp3) is 0.526. The molecule has 1 saturated heterocycles. The number of carbonyl (C=O) groups is 2. The van der Waals surface area contributed by atoms with Gasteiger partial charge in [-0.15, -0.1) is 24.0 Å². The van der Waals surface area contributed by atoms with E-state index >= 15 is 0 Å². The minimum atomic E-state index is -0.00819. The quantitative estimate of drug-likeness (QED) is 0.366. The average molecular weight is 487 g/mol. The van der Waals surface area contributed by atoms with Crippen molar-refractivity contribution >= 4 is 47.4 Å². The first kappa shape index (κ1) is 23.2. The van der Waals surface area contributed by atoms with Crippen molar-refractivity contribution in [2.45, 2.75) is 32.7 Å². The summed E-state index contributed by atoms with van der Waals surface area (Å²) in [6, 6.07) is 7.94. The zero-order valence-electron chi connectivity index (χ0n) is 16.3. The molecular formula is C19H30IN5O2. The second-order valence-corrected chi connectivity index (χ2v) is 6.51. The van der Waals surface area contributed by atoms with Crippen LogP contribution in [0.4, 0.5) is 5.69 Å². The number of carbonyl (C=O) groups excluding carboxylic acids is 2. The minimum absolute atomic E-state index is 0. The molecule has 1 aromatic carbocycles. The van der Waals surface area contributed by atoms with E-state index in [1.54, 1.807) is 14.1 Å². The van der Waals surface area contributed by atoms with E-state index in [0.717, 1.165) is 37.2 Å². The van der Waals surface area contributed by atoms with Crippen LogP contribution in [0.25, 0.3) is 0 Å². The highest BCUT2D eigenvalue weighted by Crippen LogP contribution is 2.21. The van der Waals surface area contributed by atoms with Crippen LogP contribution in [0.15, 0.2) is 29.3 Å². The number of nitrogens with one attached hydrogen (secondary N) is 2. The number of halogens is 1. The Morgan fingerprint density at radius 1 is 1.19 bits per heavy atom. The number of likely N-dealkylation sites (N-methyl/N-ethyl adjacent to an activating group) is 1. The Labute approximate surface area is 178 Å². The SMILES string of the molecule is CCNC(=NCc1ccc(N2CCCCC2=O)cc1)NCC(=O)N(C)C.I. The van der Waals surface area contributed by atoms with Crippen LogP contribution < -0.4 is 15.5 Å². The molecule has 1 aromatic rings. The molecule has 150 valence electrons. The van der Waals surface area contributed by atoms with Crippen LogP contribution in [0.2, 0.25) is 0 Å². The standard InChI is InChI=1S/C19H29N5O2.HI/c1-4-20-19(22-14-18(26)23(2)3)21-13-15-8-10-16(11-9-15)24-12-6-5-7-17(24)25;/h8-11H,4-7,12-14H2,1-3H3,(H2,20,21,22);1H. The van der Waals surface area contributed by atoms with Gasteiger partial charge in [-0.3, -0.25) is 9.59 Å². The molecule has 2 N–H and O–H groups in total. The van der Waals surface area contributed by atoms with Gasteiger partial charge < -0.3 is 20.4 Å². The van der Waals surface area contributed by atoms with Gasteiger partial charge in [-0.2, -0.15) is 0 Å². The number of nitrogens with zero attached hydrogens (tertiary/aromatic N) is 3. The molecule has 0 aromatic heterocycles. The lowest BCUT2D eigenvalue weighted by atomic mass is 10.1. The first-order valence-electron chi connectivity index (χ1n) is 9.13. The third kappa shape index (κ3) is 7.36. The molecule has 27 heavy (non-hydrogen) atoms. The highest BCUT2D eigenvalue weighted by atomic mass is 127. The Balaban J connectivity index is 0.00000364. The molecule has 1 heterocycles. The third-order valence-corrected chi connectivity index (χ3v) is 4.24. The maximum atomic E-state index is 12.0. The van der Waals surface area contributed by atoms with Gasteiger partial charge in [0.25, 0.3) is 0 Å². The number of hydrogen-bond acceptors (Lipinski definition) is 3. The highest BCUT2D eigenvalue weighted by molar-refractivity contribution is 14.0. The van der Waals surface area contributed by atoms with Crippen molar-refractivity contribution in [1.29, 1.82) is 0 Å². The minimum Gasteiger partial charge on any atom is -0.357 e. The van der Waals surface area contributed by atoms with E-state index in [4.69, 9.17) is 0 Å². The molecule has 0 unspecified atom stereocenters. The summed E-state index contributed by atoms with van der Waals surface area (Å²) in [5.74, 6) is 0.801. The maximum Gasteiger partial charge on any atom is 0.241 e. The van der Waals surface area contributed by atoms with Crippen LogP contribution in [0.5, 0.6) is 0 Å². The number of amides is 2. The maximum absolute atomic E-state index is 12.0. The summed E-state index contributed by atoms with van der Waals surface area (Å²) in [7, 11) is 3.45. The first-order chi connectivity index (χ1) is 12.5. The molecular weight excluding hydrogens is 457 g/mol. The van der Waals surface area contributed by atoms with Crippen molar-refractivity contribution in [2.24, 2.45) is 4.99 Å². The zero-order valence-corrected chi connectivity index (χ0v) is 18.7. The number of aliphatic imine (C=N–C) groups is 1. The van der Waals surface area contributed by atoms with Gasteiger partial charge in [0, 0.05) is 39.3 Å². The molecule has 0 atom stereocenters. The summed E-state index contributed by atoms with van der Waals surface area (Å²) in [4.78, 5) is 31.6. The van der Waals surface area contributed by atoms with Gasteiger partial charge in [-0.1, -0.05) is 12.1 Å². The predicted octanol–water partition coefficient (Wildman–Crippen LogP) is 1.96. The van der Waals surface area contributed by atoms with Crippen LogP contribution in [0.1, 0.15) is 31.7 Å². The van der Waals surface area contributed by atoms with Gasteiger partial charge in [0.05, 0.1) is 13.1 Å². The van der Waals surface area contributed by atoms with E-state index in [1.807, 2.05) is 36.1 Å². The van der Waals surface area contributed by atoms with E-state index < -0.39 is 0 Å². The summed E-state index contributed by atoms with van der Waals surface area (Å²) < 4.78 is 0. The van der Waals surface area contributed by atoms with Gasteiger partial charge in [0.2, 0.25) is 11.8 Å². The molecule has 7 nitrogen and oxygen atoms in total. The number of piperidine rings is 1. The molecule has 1 fully saturated rings.